The first kappa shape index (κ1) is 21.5. The normalized spacial score (nSPS) is 20.2. The number of hydrogen-bond donors (Lipinski definition) is 3. The Kier molecular flexibility index (Phi) is 7.49. The van der Waals surface area contributed by atoms with E-state index in [1.165, 1.54) is 29.5 Å². The molecular weight excluding hydrogens is 334 g/mol. The number of amides is 1. The Balaban J connectivity index is 1.68. The smallest absolute Gasteiger partial charge is 0.234 e. The van der Waals surface area contributed by atoms with E-state index in [4.69, 9.17) is 0 Å². The van der Waals surface area contributed by atoms with Crippen LogP contribution in [0.25, 0.3) is 5.70 Å². The summed E-state index contributed by atoms with van der Waals surface area (Å²) in [6, 6.07) is 7.01. The van der Waals surface area contributed by atoms with Gasteiger partial charge in [-0.1, -0.05) is 23.8 Å². The van der Waals surface area contributed by atoms with Crippen LogP contribution in [0.4, 0.5) is 0 Å². The lowest BCUT2D eigenvalue weighted by molar-refractivity contribution is -0.121. The third-order valence-corrected chi connectivity index (χ3v) is 5.09. The SMILES string of the molecule is C=C(NCC1CCC(NCC(=O)NC(C)(C)C)CC1)c1cc(C)cc(C)c1. The predicted octanol–water partition coefficient (Wildman–Crippen LogP) is 3.93. The number of carbonyl (C=O) groups excluding carboxylic acids is 1. The molecule has 150 valence electrons. The monoisotopic (exact) mass is 371 g/mol. The van der Waals surface area contributed by atoms with Crippen LogP contribution in [-0.4, -0.2) is 30.6 Å². The quantitative estimate of drug-likeness (QED) is 0.681. The molecule has 0 aromatic heterocycles. The molecule has 1 aliphatic carbocycles. The molecule has 0 aliphatic heterocycles. The molecule has 0 bridgehead atoms. The Bertz CT molecular complexity index is 632. The lowest BCUT2D eigenvalue weighted by Gasteiger charge is -2.30. The van der Waals surface area contributed by atoms with E-state index in [9.17, 15) is 4.79 Å². The summed E-state index contributed by atoms with van der Waals surface area (Å²) in [5.74, 6) is 0.755. The highest BCUT2D eigenvalue weighted by Crippen LogP contribution is 2.24. The van der Waals surface area contributed by atoms with Crippen molar-refractivity contribution in [3.8, 4) is 0 Å². The lowest BCUT2D eigenvalue weighted by Crippen LogP contribution is -2.47. The van der Waals surface area contributed by atoms with Gasteiger partial charge in [0.1, 0.15) is 0 Å². The van der Waals surface area contributed by atoms with E-state index < -0.39 is 0 Å². The predicted molar refractivity (Wildman–Crippen MR) is 115 cm³/mol. The number of benzene rings is 1. The summed E-state index contributed by atoms with van der Waals surface area (Å²) < 4.78 is 0. The van der Waals surface area contributed by atoms with Crippen molar-refractivity contribution >= 4 is 11.6 Å². The average molecular weight is 372 g/mol. The maximum Gasteiger partial charge on any atom is 0.234 e. The molecule has 1 aromatic carbocycles. The number of carbonyl (C=O) groups is 1. The van der Waals surface area contributed by atoms with Crippen molar-refractivity contribution in [2.24, 2.45) is 5.92 Å². The fourth-order valence-corrected chi connectivity index (χ4v) is 3.79. The molecule has 0 radical (unpaired) electrons. The fraction of sp³-hybridized carbons (Fsp3) is 0.609. The topological polar surface area (TPSA) is 53.2 Å². The molecule has 1 aliphatic rings. The highest BCUT2D eigenvalue weighted by Gasteiger charge is 2.22. The van der Waals surface area contributed by atoms with Crippen molar-refractivity contribution in [2.75, 3.05) is 13.1 Å². The van der Waals surface area contributed by atoms with Crippen molar-refractivity contribution in [3.05, 3.63) is 41.5 Å². The minimum absolute atomic E-state index is 0.0797. The Labute approximate surface area is 165 Å². The van der Waals surface area contributed by atoms with Gasteiger partial charge in [0.05, 0.1) is 6.54 Å². The van der Waals surface area contributed by atoms with Crippen LogP contribution in [0.2, 0.25) is 0 Å². The number of rotatable bonds is 7. The number of aryl methyl sites for hydroxylation is 2. The maximum atomic E-state index is 11.9. The van der Waals surface area contributed by atoms with E-state index in [1.807, 2.05) is 20.8 Å². The third kappa shape index (κ3) is 7.76. The van der Waals surface area contributed by atoms with Gasteiger partial charge in [0, 0.05) is 23.8 Å². The van der Waals surface area contributed by atoms with E-state index in [-0.39, 0.29) is 11.4 Å². The first-order valence-electron chi connectivity index (χ1n) is 10.2. The molecule has 3 N–H and O–H groups in total. The maximum absolute atomic E-state index is 11.9. The van der Waals surface area contributed by atoms with Gasteiger partial charge in [0.15, 0.2) is 0 Å². The van der Waals surface area contributed by atoms with Crippen molar-refractivity contribution in [1.29, 1.82) is 0 Å². The molecule has 4 heteroatoms. The van der Waals surface area contributed by atoms with E-state index >= 15 is 0 Å². The molecule has 0 atom stereocenters. The molecule has 0 heterocycles. The lowest BCUT2D eigenvalue weighted by atomic mass is 9.86. The molecule has 0 saturated heterocycles. The Morgan fingerprint density at radius 1 is 1.07 bits per heavy atom. The molecule has 1 aromatic rings. The van der Waals surface area contributed by atoms with Crippen LogP contribution >= 0.6 is 0 Å². The van der Waals surface area contributed by atoms with Crippen molar-refractivity contribution in [3.63, 3.8) is 0 Å². The third-order valence-electron chi connectivity index (χ3n) is 5.09. The van der Waals surface area contributed by atoms with Crippen LogP contribution in [0.1, 0.15) is 63.1 Å². The molecule has 1 saturated carbocycles. The second kappa shape index (κ2) is 9.41. The summed E-state index contributed by atoms with van der Waals surface area (Å²) in [6.07, 6.45) is 4.63. The highest BCUT2D eigenvalue weighted by molar-refractivity contribution is 5.78. The van der Waals surface area contributed by atoms with Crippen LogP contribution in [-0.2, 0) is 4.79 Å². The van der Waals surface area contributed by atoms with Crippen LogP contribution in [0, 0.1) is 19.8 Å². The summed E-state index contributed by atoms with van der Waals surface area (Å²) in [5.41, 5.74) is 4.58. The zero-order valence-corrected chi connectivity index (χ0v) is 17.7. The summed E-state index contributed by atoms with van der Waals surface area (Å²) in [4.78, 5) is 11.9. The summed E-state index contributed by atoms with van der Waals surface area (Å²) in [5, 5.41) is 9.96. The van der Waals surface area contributed by atoms with Crippen LogP contribution < -0.4 is 16.0 Å². The van der Waals surface area contributed by atoms with Gasteiger partial charge in [-0.25, -0.2) is 0 Å². The fourth-order valence-electron chi connectivity index (χ4n) is 3.79. The molecule has 0 spiro atoms. The van der Waals surface area contributed by atoms with Gasteiger partial charge in [-0.15, -0.1) is 0 Å². The Morgan fingerprint density at radius 3 is 2.22 bits per heavy atom. The number of hydrogen-bond acceptors (Lipinski definition) is 3. The van der Waals surface area contributed by atoms with Crippen LogP contribution in [0.3, 0.4) is 0 Å². The van der Waals surface area contributed by atoms with Crippen LogP contribution in [0.5, 0.6) is 0 Å². The molecule has 1 fully saturated rings. The van der Waals surface area contributed by atoms with Gasteiger partial charge in [0.25, 0.3) is 0 Å². The van der Waals surface area contributed by atoms with Gasteiger partial charge >= 0.3 is 0 Å². The second-order valence-electron chi connectivity index (χ2n) is 9.13. The van der Waals surface area contributed by atoms with Gasteiger partial charge in [-0.3, -0.25) is 4.79 Å². The zero-order chi connectivity index (χ0) is 20.0. The van der Waals surface area contributed by atoms with Gasteiger partial charge < -0.3 is 16.0 Å². The average Bonchev–Trinajstić information content (AvgIpc) is 2.56. The van der Waals surface area contributed by atoms with Gasteiger partial charge in [-0.2, -0.15) is 0 Å². The largest absolute Gasteiger partial charge is 0.385 e. The molecule has 2 rings (SSSR count). The summed E-state index contributed by atoms with van der Waals surface area (Å²) in [6.45, 7) is 15.9. The number of nitrogens with one attached hydrogen (secondary N) is 3. The molecular formula is C23H37N3O. The van der Waals surface area contributed by atoms with E-state index in [2.05, 4.69) is 54.6 Å². The minimum atomic E-state index is -0.166. The van der Waals surface area contributed by atoms with E-state index in [1.54, 1.807) is 0 Å². The zero-order valence-electron chi connectivity index (χ0n) is 17.7. The second-order valence-corrected chi connectivity index (χ2v) is 9.13. The Hall–Kier alpha value is -1.81. The molecule has 27 heavy (non-hydrogen) atoms. The van der Waals surface area contributed by atoms with Gasteiger partial charge in [-0.05, 0) is 83.9 Å². The molecule has 0 unspecified atom stereocenters. The Morgan fingerprint density at radius 2 is 1.67 bits per heavy atom. The van der Waals surface area contributed by atoms with E-state index in [0.29, 0.717) is 18.5 Å². The summed E-state index contributed by atoms with van der Waals surface area (Å²) in [7, 11) is 0. The highest BCUT2D eigenvalue weighted by atomic mass is 16.2. The minimum Gasteiger partial charge on any atom is -0.385 e. The van der Waals surface area contributed by atoms with Crippen molar-refractivity contribution in [2.45, 2.75) is 71.9 Å². The first-order valence-corrected chi connectivity index (χ1v) is 10.2. The molecule has 1 amide bonds. The molecule has 4 nitrogen and oxygen atoms in total. The van der Waals surface area contributed by atoms with E-state index in [0.717, 1.165) is 25.1 Å². The first-order chi connectivity index (χ1) is 12.6. The van der Waals surface area contributed by atoms with Crippen molar-refractivity contribution in [1.82, 2.24) is 16.0 Å². The standard InChI is InChI=1S/C23H37N3O/c1-16-11-17(2)13-20(12-16)18(3)24-14-19-7-9-21(10-8-19)25-15-22(27)26-23(4,5)6/h11-13,19,21,24-25H,3,7-10,14-15H2,1-2,4-6H3,(H,26,27). The van der Waals surface area contributed by atoms with Gasteiger partial charge in [0.2, 0.25) is 5.91 Å². The van der Waals surface area contributed by atoms with Crippen LogP contribution in [0.15, 0.2) is 24.8 Å². The van der Waals surface area contributed by atoms with Crippen molar-refractivity contribution < 1.29 is 4.79 Å². The summed E-state index contributed by atoms with van der Waals surface area (Å²) >= 11 is 0.